The fraction of sp³-hybridized carbons (Fsp3) is 0.125. The molecule has 1 atom stereocenters. The number of hydrogen-bond donors (Lipinski definition) is 1. The zero-order valence-electron chi connectivity index (χ0n) is 11.9. The van der Waals surface area contributed by atoms with E-state index in [1.807, 2.05) is 0 Å². The van der Waals surface area contributed by atoms with Gasteiger partial charge in [-0.2, -0.15) is 0 Å². The number of nitrogens with zero attached hydrogens (tertiary/aromatic N) is 1. The number of aliphatic hydroxyl groups is 1. The fourth-order valence-electron chi connectivity index (χ4n) is 1.95. The number of benzene rings is 2. The van der Waals surface area contributed by atoms with E-state index in [0.717, 1.165) is 0 Å². The first-order valence-electron chi connectivity index (χ1n) is 6.50. The Morgan fingerprint density at radius 2 is 1.70 bits per heavy atom. The Labute approximate surface area is 155 Å². The number of nitro groups is 1. The van der Waals surface area contributed by atoms with E-state index in [1.54, 1.807) is 54.6 Å². The van der Waals surface area contributed by atoms with Gasteiger partial charge in [-0.1, -0.05) is 42.5 Å². The third kappa shape index (κ3) is 5.28. The standard InChI is InChI=1S/C16H15NO5.Na.H/c1-21-14-9-5-6-10-15(14)22-16(13(18)11-17(19)20)12-7-3-2-4-8-12;;/h2-11,16,18H,1H3;;/b13-11-;;. The predicted octanol–water partition coefficient (Wildman–Crippen LogP) is 2.84. The minimum absolute atomic E-state index is 0. The summed E-state index contributed by atoms with van der Waals surface area (Å²) in [6.45, 7) is 0. The van der Waals surface area contributed by atoms with E-state index < -0.39 is 16.8 Å². The molecule has 0 spiro atoms. The molecule has 0 heterocycles. The van der Waals surface area contributed by atoms with Crippen LogP contribution in [0.25, 0.3) is 0 Å². The number of ether oxygens (including phenoxy) is 2. The Bertz CT molecular complexity index is 675. The number of para-hydroxylation sites is 2. The summed E-state index contributed by atoms with van der Waals surface area (Å²) < 4.78 is 10.9. The van der Waals surface area contributed by atoms with Gasteiger partial charge in [-0.15, -0.1) is 0 Å². The van der Waals surface area contributed by atoms with Crippen LogP contribution >= 0.6 is 0 Å². The first-order valence-corrected chi connectivity index (χ1v) is 6.50. The molecule has 0 saturated carbocycles. The molecule has 0 aromatic heterocycles. The van der Waals surface area contributed by atoms with Gasteiger partial charge >= 0.3 is 29.6 Å². The molecule has 0 bridgehead atoms. The van der Waals surface area contributed by atoms with E-state index in [9.17, 15) is 15.2 Å². The van der Waals surface area contributed by atoms with E-state index >= 15 is 0 Å². The van der Waals surface area contributed by atoms with Crippen LogP contribution in [-0.2, 0) is 0 Å². The van der Waals surface area contributed by atoms with Crippen molar-refractivity contribution in [2.45, 2.75) is 6.10 Å². The SMILES string of the molecule is COc1ccccc1OC(/C(O)=C/[N+](=O)[O-])c1ccccc1.[NaH]. The molecular formula is C16H16NNaO5. The quantitative estimate of drug-likeness (QED) is 0.382. The molecule has 1 unspecified atom stereocenters. The van der Waals surface area contributed by atoms with Crippen LogP contribution in [0, 0.1) is 10.1 Å². The minimum atomic E-state index is -0.997. The second-order valence-corrected chi connectivity index (χ2v) is 4.40. The molecule has 0 fully saturated rings. The molecule has 0 aliphatic heterocycles. The van der Waals surface area contributed by atoms with Crippen molar-refractivity contribution in [2.75, 3.05) is 7.11 Å². The number of methoxy groups -OCH3 is 1. The van der Waals surface area contributed by atoms with Crippen molar-refractivity contribution in [1.29, 1.82) is 0 Å². The van der Waals surface area contributed by atoms with E-state index in [2.05, 4.69) is 0 Å². The molecule has 2 rings (SSSR count). The average Bonchev–Trinajstić information content (AvgIpc) is 2.53. The molecule has 0 saturated heterocycles. The Morgan fingerprint density at radius 1 is 1.13 bits per heavy atom. The second kappa shape index (κ2) is 9.19. The molecule has 0 aliphatic carbocycles. The summed E-state index contributed by atoms with van der Waals surface area (Å²) in [4.78, 5) is 9.88. The summed E-state index contributed by atoms with van der Waals surface area (Å²) in [6.07, 6.45) is -0.476. The number of rotatable bonds is 6. The summed E-state index contributed by atoms with van der Waals surface area (Å²) in [5.74, 6) is 0.349. The van der Waals surface area contributed by atoms with Crippen LogP contribution in [0.2, 0.25) is 0 Å². The van der Waals surface area contributed by atoms with Gasteiger partial charge in [-0.05, 0) is 12.1 Å². The van der Waals surface area contributed by atoms with Crippen molar-refractivity contribution in [2.24, 2.45) is 0 Å². The summed E-state index contributed by atoms with van der Waals surface area (Å²) >= 11 is 0. The topological polar surface area (TPSA) is 81.8 Å². The van der Waals surface area contributed by atoms with Crippen molar-refractivity contribution >= 4 is 29.6 Å². The normalized spacial score (nSPS) is 12.0. The summed E-state index contributed by atoms with van der Waals surface area (Å²) in [6, 6.07) is 15.6. The maximum atomic E-state index is 10.6. The van der Waals surface area contributed by atoms with Crippen LogP contribution in [0.5, 0.6) is 11.5 Å². The molecule has 116 valence electrons. The van der Waals surface area contributed by atoms with Crippen molar-refractivity contribution in [1.82, 2.24) is 0 Å². The Morgan fingerprint density at radius 3 is 2.26 bits per heavy atom. The van der Waals surface area contributed by atoms with Crippen LogP contribution in [0.4, 0.5) is 0 Å². The summed E-state index contributed by atoms with van der Waals surface area (Å²) in [7, 11) is 1.49. The Hall–Kier alpha value is -2.02. The first-order chi connectivity index (χ1) is 10.6. The van der Waals surface area contributed by atoms with Gasteiger partial charge in [0.2, 0.25) is 5.76 Å². The van der Waals surface area contributed by atoms with Gasteiger partial charge in [-0.3, -0.25) is 10.1 Å². The van der Waals surface area contributed by atoms with Gasteiger partial charge in [0.1, 0.15) is 0 Å². The molecule has 6 nitrogen and oxygen atoms in total. The van der Waals surface area contributed by atoms with Gasteiger partial charge in [0.15, 0.2) is 17.6 Å². The van der Waals surface area contributed by atoms with E-state index in [-0.39, 0.29) is 29.6 Å². The van der Waals surface area contributed by atoms with Gasteiger partial charge < -0.3 is 14.6 Å². The molecule has 7 heteroatoms. The van der Waals surface area contributed by atoms with E-state index in [1.165, 1.54) is 7.11 Å². The molecular weight excluding hydrogens is 309 g/mol. The van der Waals surface area contributed by atoms with Gasteiger partial charge in [0.25, 0.3) is 6.20 Å². The van der Waals surface area contributed by atoms with Gasteiger partial charge in [0, 0.05) is 5.56 Å². The Kier molecular flexibility index (Phi) is 7.61. The number of hydrogen-bond acceptors (Lipinski definition) is 5. The second-order valence-electron chi connectivity index (χ2n) is 4.40. The van der Waals surface area contributed by atoms with Crippen molar-refractivity contribution in [3.05, 3.63) is 82.2 Å². The third-order valence-corrected chi connectivity index (χ3v) is 2.92. The van der Waals surface area contributed by atoms with Crippen LogP contribution in [0.3, 0.4) is 0 Å². The summed E-state index contributed by atoms with van der Waals surface area (Å²) in [5, 5.41) is 20.6. The molecule has 2 aromatic carbocycles. The van der Waals surface area contributed by atoms with Crippen LogP contribution in [0.1, 0.15) is 11.7 Å². The van der Waals surface area contributed by atoms with Crippen LogP contribution in [-0.4, -0.2) is 46.7 Å². The molecule has 2 aromatic rings. The maximum absolute atomic E-state index is 10.6. The average molecular weight is 325 g/mol. The zero-order valence-corrected chi connectivity index (χ0v) is 11.9. The molecule has 1 N–H and O–H groups in total. The Balaban J connectivity index is 0.00000264. The van der Waals surface area contributed by atoms with E-state index in [4.69, 9.17) is 9.47 Å². The van der Waals surface area contributed by atoms with Crippen LogP contribution in [0.15, 0.2) is 66.6 Å². The predicted molar refractivity (Wildman–Crippen MR) is 87.7 cm³/mol. The van der Waals surface area contributed by atoms with E-state index in [0.29, 0.717) is 23.3 Å². The molecule has 0 aliphatic rings. The molecule has 0 radical (unpaired) electrons. The third-order valence-electron chi connectivity index (χ3n) is 2.92. The van der Waals surface area contributed by atoms with Crippen molar-refractivity contribution < 1.29 is 19.5 Å². The fourth-order valence-corrected chi connectivity index (χ4v) is 1.95. The monoisotopic (exact) mass is 325 g/mol. The summed E-state index contributed by atoms with van der Waals surface area (Å²) in [5.41, 5.74) is 0.587. The van der Waals surface area contributed by atoms with Crippen molar-refractivity contribution in [3.63, 3.8) is 0 Å². The van der Waals surface area contributed by atoms with Crippen LogP contribution < -0.4 is 9.47 Å². The van der Waals surface area contributed by atoms with Gasteiger partial charge in [-0.25, -0.2) is 0 Å². The van der Waals surface area contributed by atoms with Gasteiger partial charge in [0.05, 0.1) is 12.0 Å². The zero-order chi connectivity index (χ0) is 15.9. The first kappa shape index (κ1) is 19.0. The van der Waals surface area contributed by atoms with Crippen molar-refractivity contribution in [3.8, 4) is 11.5 Å². The molecule has 23 heavy (non-hydrogen) atoms. The number of aliphatic hydroxyl groups excluding tert-OH is 1. The molecule has 0 amide bonds.